The lowest BCUT2D eigenvalue weighted by molar-refractivity contribution is -0.384. The van der Waals surface area contributed by atoms with E-state index in [9.17, 15) is 10.1 Å². The van der Waals surface area contributed by atoms with Gasteiger partial charge in [-0.25, -0.2) is 0 Å². The second kappa shape index (κ2) is 6.51. The third-order valence-electron chi connectivity index (χ3n) is 3.55. The maximum absolute atomic E-state index is 11.2. The highest BCUT2D eigenvalue weighted by atomic mass is 16.6. The van der Waals surface area contributed by atoms with Crippen molar-refractivity contribution in [3.63, 3.8) is 0 Å². The molecule has 1 saturated heterocycles. The molecule has 2 heterocycles. The van der Waals surface area contributed by atoms with E-state index < -0.39 is 0 Å². The van der Waals surface area contributed by atoms with E-state index in [-0.39, 0.29) is 10.6 Å². The van der Waals surface area contributed by atoms with Crippen molar-refractivity contribution in [2.75, 3.05) is 38.7 Å². The Morgan fingerprint density at radius 3 is 3.05 bits per heavy atom. The third-order valence-corrected chi connectivity index (χ3v) is 3.55. The molecule has 0 aliphatic carbocycles. The van der Waals surface area contributed by atoms with E-state index in [0.717, 1.165) is 32.5 Å². The summed E-state index contributed by atoms with van der Waals surface area (Å²) in [5, 5.41) is 14.3. The SMILES string of the molecule is CNCC1CCCN(c2nc(OC)ccc2[N+](=O)[O-])C1. The Kier molecular flexibility index (Phi) is 4.73. The van der Waals surface area contributed by atoms with Gasteiger partial charge in [-0.1, -0.05) is 0 Å². The van der Waals surface area contributed by atoms with Crippen molar-refractivity contribution in [1.82, 2.24) is 10.3 Å². The lowest BCUT2D eigenvalue weighted by Crippen LogP contribution is -2.39. The van der Waals surface area contributed by atoms with Gasteiger partial charge in [0.05, 0.1) is 12.0 Å². The Balaban J connectivity index is 2.27. The number of ether oxygens (including phenoxy) is 1. The van der Waals surface area contributed by atoms with E-state index in [4.69, 9.17) is 4.74 Å². The molecular formula is C13H20N4O3. The van der Waals surface area contributed by atoms with E-state index in [1.807, 2.05) is 11.9 Å². The van der Waals surface area contributed by atoms with Crippen LogP contribution in [0.15, 0.2) is 12.1 Å². The normalized spacial score (nSPS) is 18.9. The second-order valence-corrected chi connectivity index (χ2v) is 4.97. The molecule has 1 N–H and O–H groups in total. The fourth-order valence-electron chi connectivity index (χ4n) is 2.63. The summed E-state index contributed by atoms with van der Waals surface area (Å²) in [5.74, 6) is 1.30. The van der Waals surface area contributed by atoms with Crippen LogP contribution in [0.2, 0.25) is 0 Å². The quantitative estimate of drug-likeness (QED) is 0.649. The van der Waals surface area contributed by atoms with E-state index in [0.29, 0.717) is 17.6 Å². The Bertz CT molecular complexity index is 479. The first-order valence-electron chi connectivity index (χ1n) is 6.74. The van der Waals surface area contributed by atoms with Gasteiger partial charge in [0.15, 0.2) is 0 Å². The second-order valence-electron chi connectivity index (χ2n) is 4.97. The molecule has 0 spiro atoms. The largest absolute Gasteiger partial charge is 0.481 e. The molecule has 0 bridgehead atoms. The molecule has 2 rings (SSSR count). The Hall–Kier alpha value is -1.89. The molecule has 1 aromatic rings. The van der Waals surface area contributed by atoms with Crippen LogP contribution in [0.25, 0.3) is 0 Å². The Morgan fingerprint density at radius 2 is 2.40 bits per heavy atom. The minimum Gasteiger partial charge on any atom is -0.481 e. The van der Waals surface area contributed by atoms with Gasteiger partial charge >= 0.3 is 5.69 Å². The zero-order chi connectivity index (χ0) is 14.5. The van der Waals surface area contributed by atoms with Crippen molar-refractivity contribution < 1.29 is 9.66 Å². The fourth-order valence-corrected chi connectivity index (χ4v) is 2.63. The maximum Gasteiger partial charge on any atom is 0.311 e. The predicted molar refractivity (Wildman–Crippen MR) is 76.3 cm³/mol. The van der Waals surface area contributed by atoms with Gasteiger partial charge in [-0.2, -0.15) is 4.98 Å². The van der Waals surface area contributed by atoms with Crippen molar-refractivity contribution in [2.45, 2.75) is 12.8 Å². The van der Waals surface area contributed by atoms with Crippen molar-refractivity contribution >= 4 is 11.5 Å². The molecule has 0 radical (unpaired) electrons. The number of piperidine rings is 1. The molecular weight excluding hydrogens is 260 g/mol. The number of nitro groups is 1. The van der Waals surface area contributed by atoms with Crippen LogP contribution in [0, 0.1) is 16.0 Å². The average Bonchev–Trinajstić information content (AvgIpc) is 2.47. The molecule has 0 amide bonds. The van der Waals surface area contributed by atoms with E-state index in [2.05, 4.69) is 10.3 Å². The summed E-state index contributed by atoms with van der Waals surface area (Å²) in [4.78, 5) is 17.0. The summed E-state index contributed by atoms with van der Waals surface area (Å²) in [5.41, 5.74) is 0.0379. The first kappa shape index (κ1) is 14.5. The topological polar surface area (TPSA) is 80.5 Å². The van der Waals surface area contributed by atoms with Gasteiger partial charge < -0.3 is 15.0 Å². The predicted octanol–water partition coefficient (Wildman–Crippen LogP) is 1.43. The molecule has 1 atom stereocenters. The molecule has 1 aromatic heterocycles. The average molecular weight is 280 g/mol. The summed E-state index contributed by atoms with van der Waals surface area (Å²) >= 11 is 0. The smallest absolute Gasteiger partial charge is 0.311 e. The monoisotopic (exact) mass is 280 g/mol. The number of rotatable bonds is 5. The van der Waals surface area contributed by atoms with Gasteiger partial charge in [-0.15, -0.1) is 0 Å². The standard InChI is InChI=1S/C13H20N4O3/c1-14-8-10-4-3-7-16(9-10)13-11(17(18)19)5-6-12(15-13)20-2/h5-6,10,14H,3-4,7-9H2,1-2H3. The lowest BCUT2D eigenvalue weighted by Gasteiger charge is -2.33. The first-order chi connectivity index (χ1) is 9.65. The van der Waals surface area contributed by atoms with Gasteiger partial charge in [0.2, 0.25) is 11.7 Å². The lowest BCUT2D eigenvalue weighted by atomic mass is 9.98. The van der Waals surface area contributed by atoms with Crippen LogP contribution in [0.3, 0.4) is 0 Å². The van der Waals surface area contributed by atoms with Crippen LogP contribution in [-0.2, 0) is 0 Å². The van der Waals surface area contributed by atoms with Crippen molar-refractivity contribution in [1.29, 1.82) is 0 Å². The molecule has 0 saturated carbocycles. The van der Waals surface area contributed by atoms with Crippen molar-refractivity contribution in [3.8, 4) is 5.88 Å². The highest BCUT2D eigenvalue weighted by Gasteiger charge is 2.27. The number of anilines is 1. The van der Waals surface area contributed by atoms with Crippen LogP contribution in [0.1, 0.15) is 12.8 Å². The fraction of sp³-hybridized carbons (Fsp3) is 0.615. The van der Waals surface area contributed by atoms with Gasteiger partial charge in [-0.05, 0) is 32.4 Å². The van der Waals surface area contributed by atoms with Crippen molar-refractivity contribution in [3.05, 3.63) is 22.2 Å². The highest BCUT2D eigenvalue weighted by molar-refractivity contribution is 5.59. The van der Waals surface area contributed by atoms with Gasteiger partial charge in [0.25, 0.3) is 0 Å². The van der Waals surface area contributed by atoms with Gasteiger partial charge in [0.1, 0.15) is 0 Å². The minimum absolute atomic E-state index is 0.0379. The highest BCUT2D eigenvalue weighted by Crippen LogP contribution is 2.31. The summed E-state index contributed by atoms with van der Waals surface area (Å²) in [6.07, 6.45) is 2.15. The summed E-state index contributed by atoms with van der Waals surface area (Å²) < 4.78 is 5.08. The first-order valence-corrected chi connectivity index (χ1v) is 6.74. The zero-order valence-corrected chi connectivity index (χ0v) is 11.8. The molecule has 110 valence electrons. The van der Waals surface area contributed by atoms with Crippen LogP contribution >= 0.6 is 0 Å². The number of methoxy groups -OCH3 is 1. The van der Waals surface area contributed by atoms with E-state index >= 15 is 0 Å². The van der Waals surface area contributed by atoms with Crippen LogP contribution in [-0.4, -0.2) is 43.7 Å². The summed E-state index contributed by atoms with van der Waals surface area (Å²) in [6.45, 7) is 2.48. The van der Waals surface area contributed by atoms with E-state index in [1.54, 1.807) is 0 Å². The van der Waals surface area contributed by atoms with E-state index in [1.165, 1.54) is 19.2 Å². The molecule has 1 aliphatic heterocycles. The summed E-state index contributed by atoms with van der Waals surface area (Å²) in [6, 6.07) is 2.99. The van der Waals surface area contributed by atoms with Crippen LogP contribution < -0.4 is 15.0 Å². The number of nitrogens with one attached hydrogen (secondary N) is 1. The number of nitrogens with zero attached hydrogens (tertiary/aromatic N) is 3. The van der Waals surface area contributed by atoms with Gasteiger partial charge in [0, 0.05) is 25.2 Å². The van der Waals surface area contributed by atoms with Crippen LogP contribution in [0.4, 0.5) is 11.5 Å². The Morgan fingerprint density at radius 1 is 1.60 bits per heavy atom. The molecule has 1 aliphatic rings. The zero-order valence-electron chi connectivity index (χ0n) is 11.8. The Labute approximate surface area is 118 Å². The maximum atomic E-state index is 11.2. The number of hydrogen-bond acceptors (Lipinski definition) is 6. The molecule has 7 nitrogen and oxygen atoms in total. The van der Waals surface area contributed by atoms with Crippen molar-refractivity contribution in [2.24, 2.45) is 5.92 Å². The van der Waals surface area contributed by atoms with Gasteiger partial charge in [-0.3, -0.25) is 10.1 Å². The minimum atomic E-state index is -0.385. The third kappa shape index (κ3) is 3.16. The molecule has 0 aromatic carbocycles. The molecule has 7 heteroatoms. The number of hydrogen-bond donors (Lipinski definition) is 1. The number of aromatic nitrogens is 1. The molecule has 20 heavy (non-hydrogen) atoms. The summed E-state index contributed by atoms with van der Waals surface area (Å²) in [7, 11) is 3.43. The number of pyridine rings is 1. The molecule has 1 fully saturated rings. The molecule has 1 unspecified atom stereocenters. The van der Waals surface area contributed by atoms with Crippen LogP contribution in [0.5, 0.6) is 5.88 Å².